The van der Waals surface area contributed by atoms with E-state index >= 15 is 0 Å². The minimum absolute atomic E-state index is 0. The van der Waals surface area contributed by atoms with E-state index in [1.807, 2.05) is 0 Å². The van der Waals surface area contributed by atoms with Gasteiger partial charge in [-0.2, -0.15) is 0 Å². The van der Waals surface area contributed by atoms with E-state index in [-0.39, 0.29) is 78.8 Å². The van der Waals surface area contributed by atoms with Gasteiger partial charge in [-0.15, -0.1) is 0 Å². The molecular weight excluding hydrogens is 387 g/mol. The van der Waals surface area contributed by atoms with Crippen LogP contribution >= 0.6 is 0 Å². The molecule has 15 heteroatoms. The molecule has 0 aromatic heterocycles. The first-order valence-electron chi connectivity index (χ1n) is 2.12. The second kappa shape index (κ2) is 29.9. The predicted molar refractivity (Wildman–Crippen MR) is 23.0 cm³/mol. The van der Waals surface area contributed by atoms with Gasteiger partial charge in [-0.05, 0) is 0 Å². The summed E-state index contributed by atoms with van der Waals surface area (Å²) < 4.78 is 0. The van der Waals surface area contributed by atoms with Crippen molar-refractivity contribution in [3.05, 3.63) is 0 Å². The molecule has 0 saturated heterocycles. The molecule has 0 fully saturated rings. The fraction of sp³-hybridized carbons (Fsp3) is 0. The van der Waals surface area contributed by atoms with Crippen LogP contribution in [-0.4, -0.2) is 39.3 Å². The molecule has 0 atom stereocenters. The first-order chi connectivity index (χ1) is 5.20. The van der Waals surface area contributed by atoms with E-state index in [0.717, 1.165) is 0 Å². The van der Waals surface area contributed by atoms with Crippen molar-refractivity contribution in [3.63, 3.8) is 0 Å². The normalized spacial score (nSPS) is 5.40. The quantitative estimate of drug-likeness (QED) is 0.361. The SMILES string of the molecule is [Al+3].[La+3].[O-]B([O-])[O-].[O-]B([O-])[O-].[O-]B([O-])[O-].[Sc+3]. The van der Waals surface area contributed by atoms with Gasteiger partial charge in [-0.3, -0.25) is 22.0 Å². The summed E-state index contributed by atoms with van der Waals surface area (Å²) in [5, 5.41) is 75.8. The van der Waals surface area contributed by atoms with Crippen molar-refractivity contribution in [2.24, 2.45) is 0 Å². The van der Waals surface area contributed by atoms with Gasteiger partial charge in [0.15, 0.2) is 0 Å². The summed E-state index contributed by atoms with van der Waals surface area (Å²) in [5.74, 6) is 0. The fourth-order valence-corrected chi connectivity index (χ4v) is 0. The monoisotopic (exact) mass is 388 g/mol. The predicted octanol–water partition coefficient (Wildman–Crippen LogP) is -12.2. The molecule has 0 heterocycles. The van der Waals surface area contributed by atoms with E-state index in [2.05, 4.69) is 0 Å². The standard InChI is InChI=1S/Al.3BO3.La.Sc/c;3*2-1(3)4;;/q+3;3*-3;2*+3. The molecule has 72 valence electrons. The first kappa shape index (κ1) is 36.0. The number of rotatable bonds is 0. The molecule has 0 saturated carbocycles. The van der Waals surface area contributed by atoms with Gasteiger partial charge in [0.2, 0.25) is 0 Å². The number of hydrogen-bond donors (Lipinski definition) is 0. The molecule has 0 bridgehead atoms. The van der Waals surface area contributed by atoms with E-state index in [0.29, 0.717) is 0 Å². The van der Waals surface area contributed by atoms with Gasteiger partial charge in [0.25, 0.3) is 0 Å². The molecule has 15 heavy (non-hydrogen) atoms. The van der Waals surface area contributed by atoms with Crippen LogP contribution in [0, 0.1) is 35.6 Å². The molecule has 0 aliphatic rings. The summed E-state index contributed by atoms with van der Waals surface area (Å²) >= 11 is 0. The van der Waals surface area contributed by atoms with Gasteiger partial charge in [0, 0.05) is 0 Å². The van der Waals surface area contributed by atoms with Gasteiger partial charge in [-0.25, -0.2) is 0 Å². The van der Waals surface area contributed by atoms with Crippen LogP contribution in [0.25, 0.3) is 0 Å². The van der Waals surface area contributed by atoms with Crippen LogP contribution in [0.3, 0.4) is 0 Å². The smallest absolute Gasteiger partial charge is 0.907 e. The van der Waals surface area contributed by atoms with Crippen molar-refractivity contribution in [1.29, 1.82) is 0 Å². The van der Waals surface area contributed by atoms with Crippen molar-refractivity contribution in [3.8, 4) is 0 Å². The van der Waals surface area contributed by atoms with Crippen molar-refractivity contribution in [2.75, 3.05) is 0 Å². The third-order valence-corrected chi connectivity index (χ3v) is 0. The van der Waals surface area contributed by atoms with Crippen molar-refractivity contribution in [1.82, 2.24) is 0 Å². The Balaban J connectivity index is -0.0000000184. The first-order valence-corrected chi connectivity index (χ1v) is 2.12. The van der Waals surface area contributed by atoms with Gasteiger partial charge < -0.3 is 45.2 Å². The third kappa shape index (κ3) is 579. The second-order valence-electron chi connectivity index (χ2n) is 0.866. The summed E-state index contributed by atoms with van der Waals surface area (Å²) in [7, 11) is -8.75. The molecule has 0 aliphatic carbocycles. The van der Waals surface area contributed by atoms with Crippen LogP contribution in [0.5, 0.6) is 0 Å². The molecule has 0 aliphatic heterocycles. The van der Waals surface area contributed by atoms with E-state index in [1.54, 1.807) is 0 Å². The second-order valence-corrected chi connectivity index (χ2v) is 0.866. The van der Waals surface area contributed by atoms with E-state index in [9.17, 15) is 0 Å². The van der Waals surface area contributed by atoms with Crippen LogP contribution in [-0.2, 0) is 25.8 Å². The van der Waals surface area contributed by atoms with Crippen molar-refractivity contribution < 1.29 is 107 Å². The maximum absolute atomic E-state index is 8.42. The van der Waals surface area contributed by atoms with E-state index in [1.165, 1.54) is 0 Å². The minimum Gasteiger partial charge on any atom is -0.907 e. The van der Waals surface area contributed by atoms with Crippen LogP contribution in [0.2, 0.25) is 0 Å². The molecule has 0 N–H and O–H groups in total. The largest absolute Gasteiger partial charge is 3.00 e. The molecule has 0 aromatic rings. The Hall–Kier alpha value is 2.43. The summed E-state index contributed by atoms with van der Waals surface area (Å²) in [5.41, 5.74) is 0. The Kier molecular flexibility index (Phi) is 71.9. The summed E-state index contributed by atoms with van der Waals surface area (Å²) in [6.45, 7) is 0. The summed E-state index contributed by atoms with van der Waals surface area (Å²) in [6, 6.07) is 0. The molecule has 0 spiro atoms. The van der Waals surface area contributed by atoms with Crippen molar-refractivity contribution in [2.45, 2.75) is 0 Å². The summed E-state index contributed by atoms with van der Waals surface area (Å²) in [6.07, 6.45) is 0. The molecular formula is AlB3LaO9Sc. The fourth-order valence-electron chi connectivity index (χ4n) is 0. The van der Waals surface area contributed by atoms with Crippen LogP contribution in [0.1, 0.15) is 0 Å². The zero-order valence-corrected chi connectivity index (χ0v) is 13.7. The van der Waals surface area contributed by atoms with Gasteiger partial charge in [0.1, 0.15) is 0 Å². The zero-order chi connectivity index (χ0) is 10.7. The van der Waals surface area contributed by atoms with Crippen LogP contribution < -0.4 is 45.2 Å². The Bertz CT molecular complexity index is 53.8. The molecule has 0 rings (SSSR count). The number of hydrogen-bond acceptors (Lipinski definition) is 9. The average Bonchev–Trinajstić information content (AvgIpc) is 1.54. The van der Waals surface area contributed by atoms with Crippen LogP contribution in [0.15, 0.2) is 0 Å². The Morgan fingerprint density at radius 2 is 0.467 bits per heavy atom. The van der Waals surface area contributed by atoms with Gasteiger partial charge in [0.05, 0.1) is 0 Å². The summed E-state index contributed by atoms with van der Waals surface area (Å²) in [4.78, 5) is 0. The molecule has 0 amide bonds. The third-order valence-electron chi connectivity index (χ3n) is 0. The van der Waals surface area contributed by atoms with Gasteiger partial charge in [-0.1, -0.05) is 0 Å². The molecule has 0 aromatic carbocycles. The molecule has 9 nitrogen and oxygen atoms in total. The Morgan fingerprint density at radius 1 is 0.467 bits per heavy atom. The molecule has 0 radical (unpaired) electrons. The van der Waals surface area contributed by atoms with Crippen molar-refractivity contribution >= 4 is 39.3 Å². The minimum atomic E-state index is -2.92. The Labute approximate surface area is 144 Å². The molecule has 0 unspecified atom stereocenters. The van der Waals surface area contributed by atoms with E-state index in [4.69, 9.17) is 45.2 Å². The van der Waals surface area contributed by atoms with Gasteiger partial charge >= 0.3 is 78.8 Å². The maximum Gasteiger partial charge on any atom is 3.00 e. The maximum atomic E-state index is 8.42. The average molecular weight is 387 g/mol. The Morgan fingerprint density at radius 3 is 0.467 bits per heavy atom. The zero-order valence-electron chi connectivity index (χ0n) is 7.14. The topological polar surface area (TPSA) is 208 Å². The van der Waals surface area contributed by atoms with Crippen LogP contribution in [0.4, 0.5) is 0 Å². The van der Waals surface area contributed by atoms with E-state index < -0.39 is 22.0 Å².